The molecule has 5 rings (SSSR count). The lowest BCUT2D eigenvalue weighted by Crippen LogP contribution is -2.35. The summed E-state index contributed by atoms with van der Waals surface area (Å²) in [5.74, 6) is 0.250. The lowest BCUT2D eigenvalue weighted by atomic mass is 10.2. The first-order chi connectivity index (χ1) is 18.3. The van der Waals surface area contributed by atoms with E-state index in [1.54, 1.807) is 18.3 Å². The van der Waals surface area contributed by atoms with Gasteiger partial charge in [0.05, 0.1) is 27.9 Å². The van der Waals surface area contributed by atoms with E-state index in [2.05, 4.69) is 29.7 Å². The summed E-state index contributed by atoms with van der Waals surface area (Å²) in [6.07, 6.45) is 1.85. The molecular formula is C27H27F3N6O2. The molecule has 0 aliphatic carbocycles. The third-order valence-corrected chi connectivity index (χ3v) is 6.70. The molecule has 1 aliphatic rings. The second-order valence-corrected chi connectivity index (χ2v) is 9.39. The van der Waals surface area contributed by atoms with E-state index >= 15 is 0 Å². The summed E-state index contributed by atoms with van der Waals surface area (Å²) in [4.78, 5) is 32.0. The van der Waals surface area contributed by atoms with Crippen LogP contribution in [0, 0.1) is 0 Å². The average molecular weight is 525 g/mol. The molecule has 1 aromatic carbocycles. The number of nitrogens with one attached hydrogen (secondary N) is 1. The van der Waals surface area contributed by atoms with Crippen LogP contribution in [0.15, 0.2) is 54.9 Å². The normalized spacial score (nSPS) is 15.7. The topological polar surface area (TPSA) is 98.2 Å². The minimum absolute atomic E-state index is 0.169. The summed E-state index contributed by atoms with van der Waals surface area (Å²) < 4.78 is 39.1. The number of hydrogen-bond acceptors (Lipinski definition) is 6. The Labute approximate surface area is 217 Å². The summed E-state index contributed by atoms with van der Waals surface area (Å²) in [6.45, 7) is 4.03. The molecule has 11 heteroatoms. The molecule has 198 valence electrons. The van der Waals surface area contributed by atoms with E-state index < -0.39 is 17.7 Å². The van der Waals surface area contributed by atoms with Crippen LogP contribution in [0.2, 0.25) is 0 Å². The van der Waals surface area contributed by atoms with Crippen LogP contribution >= 0.6 is 0 Å². The highest BCUT2D eigenvalue weighted by Crippen LogP contribution is 2.31. The number of pyridine rings is 2. The monoisotopic (exact) mass is 524 g/mol. The summed E-state index contributed by atoms with van der Waals surface area (Å²) >= 11 is 0. The molecule has 38 heavy (non-hydrogen) atoms. The van der Waals surface area contributed by atoms with Gasteiger partial charge in [-0.15, -0.1) is 0 Å². The summed E-state index contributed by atoms with van der Waals surface area (Å²) in [7, 11) is 0. The molecule has 0 amide bonds. The Morgan fingerprint density at radius 1 is 0.947 bits per heavy atom. The van der Waals surface area contributed by atoms with Gasteiger partial charge in [0.25, 0.3) is 0 Å². The largest absolute Gasteiger partial charge is 0.478 e. The van der Waals surface area contributed by atoms with Crippen LogP contribution in [0.3, 0.4) is 0 Å². The average Bonchev–Trinajstić information content (AvgIpc) is 3.37. The first-order valence-electron chi connectivity index (χ1n) is 12.5. The number of alkyl halides is 3. The van der Waals surface area contributed by atoms with Crippen LogP contribution in [-0.2, 0) is 12.7 Å². The molecule has 1 aliphatic heterocycles. The molecule has 0 radical (unpaired) electrons. The van der Waals surface area contributed by atoms with Crippen molar-refractivity contribution in [3.05, 3.63) is 71.7 Å². The number of H-pyrrole nitrogens is 1. The zero-order valence-electron chi connectivity index (χ0n) is 20.6. The fourth-order valence-corrected chi connectivity index (χ4v) is 4.60. The number of fused-ring (bicyclic) bond motifs is 1. The molecule has 4 heterocycles. The first-order valence-corrected chi connectivity index (χ1v) is 12.5. The second-order valence-electron chi connectivity index (χ2n) is 9.39. The highest BCUT2D eigenvalue weighted by atomic mass is 19.4. The van der Waals surface area contributed by atoms with Crippen LogP contribution in [0.25, 0.3) is 22.4 Å². The Balaban J connectivity index is 1.25. The second kappa shape index (κ2) is 10.8. The zero-order chi connectivity index (χ0) is 26.7. The SMILES string of the molecule is O=C(O)c1ccc(N2CCCCCN(Cc3ccc(-c4nc5ccc(C(F)(F)F)cc5[nH]4)cn3)CC2)nc1. The number of carboxylic acids is 1. The van der Waals surface area contributed by atoms with Crippen molar-refractivity contribution in [2.75, 3.05) is 31.1 Å². The van der Waals surface area contributed by atoms with E-state index in [1.165, 1.54) is 12.3 Å². The Bertz CT molecular complexity index is 1400. The van der Waals surface area contributed by atoms with E-state index in [-0.39, 0.29) is 5.56 Å². The van der Waals surface area contributed by atoms with Crippen LogP contribution in [0.5, 0.6) is 0 Å². The molecule has 3 aromatic heterocycles. The summed E-state index contributed by atoms with van der Waals surface area (Å²) in [5.41, 5.74) is 1.83. The van der Waals surface area contributed by atoms with E-state index in [0.29, 0.717) is 29.0 Å². The lowest BCUT2D eigenvalue weighted by molar-refractivity contribution is -0.137. The van der Waals surface area contributed by atoms with E-state index in [0.717, 1.165) is 69.1 Å². The van der Waals surface area contributed by atoms with Gasteiger partial charge in [-0.1, -0.05) is 6.42 Å². The van der Waals surface area contributed by atoms with Crippen molar-refractivity contribution in [2.24, 2.45) is 0 Å². The smallest absolute Gasteiger partial charge is 0.416 e. The molecular weight excluding hydrogens is 497 g/mol. The zero-order valence-corrected chi connectivity index (χ0v) is 20.6. The number of anilines is 1. The predicted octanol–water partition coefficient (Wildman–Crippen LogP) is 5.23. The van der Waals surface area contributed by atoms with Gasteiger partial charge in [-0.3, -0.25) is 9.88 Å². The molecule has 1 saturated heterocycles. The highest BCUT2D eigenvalue weighted by molar-refractivity contribution is 5.87. The van der Waals surface area contributed by atoms with E-state index in [9.17, 15) is 18.0 Å². The van der Waals surface area contributed by atoms with E-state index in [4.69, 9.17) is 5.11 Å². The number of carboxylic acid groups (broad SMARTS) is 1. The molecule has 0 bridgehead atoms. The molecule has 1 fully saturated rings. The molecule has 8 nitrogen and oxygen atoms in total. The van der Waals surface area contributed by atoms with Crippen molar-refractivity contribution in [1.29, 1.82) is 0 Å². The maximum atomic E-state index is 13.0. The standard InChI is InChI=1S/C27H27F3N6O2/c28-27(29,30)20-6-8-22-23(14-20)34-25(33-22)18-4-7-21(31-15-18)17-35-10-2-1-3-11-36(13-12-35)24-9-5-19(16-32-24)26(37)38/h4-9,14-16H,1-3,10-13,17H2,(H,33,34)(H,37,38). The number of hydrogen-bond donors (Lipinski definition) is 2. The number of halogens is 3. The van der Waals surface area contributed by atoms with Crippen LogP contribution in [0.1, 0.15) is 40.9 Å². The van der Waals surface area contributed by atoms with Crippen LogP contribution in [-0.4, -0.2) is 62.1 Å². The number of rotatable bonds is 5. The van der Waals surface area contributed by atoms with E-state index in [1.807, 2.05) is 12.1 Å². The van der Waals surface area contributed by atoms with Gasteiger partial charge in [-0.05, 0) is 61.9 Å². The number of aromatic nitrogens is 4. The van der Waals surface area contributed by atoms with Crippen molar-refractivity contribution in [2.45, 2.75) is 32.0 Å². The number of benzene rings is 1. The quantitative estimate of drug-likeness (QED) is 0.369. The third-order valence-electron chi connectivity index (χ3n) is 6.70. The highest BCUT2D eigenvalue weighted by Gasteiger charge is 2.30. The molecule has 0 atom stereocenters. The fourth-order valence-electron chi connectivity index (χ4n) is 4.60. The van der Waals surface area contributed by atoms with Gasteiger partial charge in [0.15, 0.2) is 0 Å². The fraction of sp³-hybridized carbons (Fsp3) is 0.333. The van der Waals surface area contributed by atoms with Gasteiger partial charge >= 0.3 is 12.1 Å². The number of nitrogens with zero attached hydrogens (tertiary/aromatic N) is 5. The predicted molar refractivity (Wildman–Crippen MR) is 137 cm³/mol. The van der Waals surface area contributed by atoms with Crippen molar-refractivity contribution in [3.8, 4) is 11.4 Å². The minimum Gasteiger partial charge on any atom is -0.478 e. The van der Waals surface area contributed by atoms with Crippen molar-refractivity contribution in [1.82, 2.24) is 24.8 Å². The molecule has 0 spiro atoms. The van der Waals surface area contributed by atoms with Gasteiger partial charge < -0.3 is 15.0 Å². The van der Waals surface area contributed by atoms with Crippen LogP contribution < -0.4 is 4.90 Å². The minimum atomic E-state index is -4.41. The maximum absolute atomic E-state index is 13.0. The van der Waals surface area contributed by atoms with Crippen molar-refractivity contribution in [3.63, 3.8) is 0 Å². The van der Waals surface area contributed by atoms with Gasteiger partial charge in [0.2, 0.25) is 0 Å². The molecule has 2 N–H and O–H groups in total. The van der Waals surface area contributed by atoms with Crippen molar-refractivity contribution >= 4 is 22.8 Å². The van der Waals surface area contributed by atoms with Gasteiger partial charge in [-0.25, -0.2) is 14.8 Å². The Morgan fingerprint density at radius 3 is 2.50 bits per heavy atom. The summed E-state index contributed by atoms with van der Waals surface area (Å²) in [5, 5.41) is 9.12. The Kier molecular flexibility index (Phi) is 7.28. The van der Waals surface area contributed by atoms with Gasteiger partial charge in [-0.2, -0.15) is 13.2 Å². The van der Waals surface area contributed by atoms with Crippen LogP contribution in [0.4, 0.5) is 19.0 Å². The molecule has 0 saturated carbocycles. The Morgan fingerprint density at radius 2 is 1.79 bits per heavy atom. The number of carbonyl (C=O) groups is 1. The lowest BCUT2D eigenvalue weighted by Gasteiger charge is -2.26. The molecule has 4 aromatic rings. The Hall–Kier alpha value is -3.99. The number of aromatic amines is 1. The molecule has 0 unspecified atom stereocenters. The van der Waals surface area contributed by atoms with Gasteiger partial charge in [0, 0.05) is 44.1 Å². The maximum Gasteiger partial charge on any atom is 0.416 e. The van der Waals surface area contributed by atoms with Gasteiger partial charge in [0.1, 0.15) is 11.6 Å². The summed E-state index contributed by atoms with van der Waals surface area (Å²) in [6, 6.07) is 10.6. The first kappa shape index (κ1) is 25.7. The number of imidazole rings is 1. The van der Waals surface area contributed by atoms with Crippen molar-refractivity contribution < 1.29 is 23.1 Å². The third kappa shape index (κ3) is 5.94. The number of aromatic carboxylic acids is 1.